The molecule has 70 valence electrons. The van der Waals surface area contributed by atoms with E-state index in [1.165, 1.54) is 12.8 Å². The zero-order valence-corrected chi connectivity index (χ0v) is 8.15. The molecule has 2 aliphatic rings. The van der Waals surface area contributed by atoms with Crippen LogP contribution in [0.2, 0.25) is 0 Å². The van der Waals surface area contributed by atoms with E-state index in [9.17, 15) is 4.39 Å². The van der Waals surface area contributed by atoms with Crippen molar-refractivity contribution in [1.29, 1.82) is 0 Å². The standard InChI is InChI=1S/C11H19F/c1-8-3-10-4-9(2)6-11(12,5-8)7-10/h8-10H,3-7H2,1-2H3. The van der Waals surface area contributed by atoms with Crippen LogP contribution < -0.4 is 0 Å². The van der Waals surface area contributed by atoms with E-state index in [-0.39, 0.29) is 0 Å². The van der Waals surface area contributed by atoms with Crippen LogP contribution in [0.25, 0.3) is 0 Å². The third-order valence-corrected chi connectivity index (χ3v) is 3.55. The molecule has 0 saturated heterocycles. The molecule has 2 rings (SSSR count). The average Bonchev–Trinajstić information content (AvgIpc) is 1.78. The van der Waals surface area contributed by atoms with Gasteiger partial charge in [0.15, 0.2) is 0 Å². The highest BCUT2D eigenvalue weighted by Crippen LogP contribution is 2.49. The summed E-state index contributed by atoms with van der Waals surface area (Å²) in [6.07, 6.45) is 5.06. The second kappa shape index (κ2) is 2.71. The zero-order chi connectivity index (χ0) is 8.77. The minimum atomic E-state index is -0.778. The number of hydrogen-bond acceptors (Lipinski definition) is 0. The van der Waals surface area contributed by atoms with E-state index in [4.69, 9.17) is 0 Å². The van der Waals surface area contributed by atoms with E-state index in [1.54, 1.807) is 0 Å². The number of rotatable bonds is 0. The first kappa shape index (κ1) is 8.52. The van der Waals surface area contributed by atoms with E-state index < -0.39 is 5.67 Å². The van der Waals surface area contributed by atoms with E-state index in [0.717, 1.165) is 19.3 Å². The third-order valence-electron chi connectivity index (χ3n) is 3.55. The van der Waals surface area contributed by atoms with Crippen LogP contribution in [-0.2, 0) is 0 Å². The van der Waals surface area contributed by atoms with Gasteiger partial charge in [-0.25, -0.2) is 4.39 Å². The molecule has 0 aromatic rings. The quantitative estimate of drug-likeness (QED) is 0.521. The molecule has 0 amide bonds. The molecule has 0 radical (unpaired) electrons. The van der Waals surface area contributed by atoms with Crippen LogP contribution in [0.5, 0.6) is 0 Å². The lowest BCUT2D eigenvalue weighted by molar-refractivity contribution is -0.0143. The second-order valence-electron chi connectivity index (χ2n) is 5.31. The van der Waals surface area contributed by atoms with Gasteiger partial charge in [0.25, 0.3) is 0 Å². The van der Waals surface area contributed by atoms with Gasteiger partial charge in [-0.05, 0) is 49.9 Å². The summed E-state index contributed by atoms with van der Waals surface area (Å²) in [6.45, 7) is 4.41. The summed E-state index contributed by atoms with van der Waals surface area (Å²) in [6, 6.07) is 0. The van der Waals surface area contributed by atoms with Crippen molar-refractivity contribution in [2.24, 2.45) is 17.8 Å². The Balaban J connectivity index is 2.11. The summed E-state index contributed by atoms with van der Waals surface area (Å²) >= 11 is 0. The van der Waals surface area contributed by atoms with Gasteiger partial charge in [0, 0.05) is 0 Å². The monoisotopic (exact) mass is 170 g/mol. The van der Waals surface area contributed by atoms with Crippen molar-refractivity contribution in [3.63, 3.8) is 0 Å². The first-order valence-electron chi connectivity index (χ1n) is 5.26. The van der Waals surface area contributed by atoms with Gasteiger partial charge in [-0.2, -0.15) is 0 Å². The number of fused-ring (bicyclic) bond motifs is 2. The molecule has 0 N–H and O–H groups in total. The van der Waals surface area contributed by atoms with Gasteiger partial charge in [-0.3, -0.25) is 0 Å². The van der Waals surface area contributed by atoms with Crippen LogP contribution in [-0.4, -0.2) is 5.67 Å². The summed E-state index contributed by atoms with van der Waals surface area (Å²) in [5.74, 6) is 1.95. The van der Waals surface area contributed by atoms with Crippen molar-refractivity contribution in [3.8, 4) is 0 Å². The first-order valence-corrected chi connectivity index (χ1v) is 5.26. The van der Waals surface area contributed by atoms with Crippen LogP contribution in [0.3, 0.4) is 0 Å². The lowest BCUT2D eigenvalue weighted by Gasteiger charge is -2.45. The molecule has 2 unspecified atom stereocenters. The Hall–Kier alpha value is -0.0700. The molecule has 0 aromatic heterocycles. The molecule has 2 atom stereocenters. The third kappa shape index (κ3) is 1.51. The fraction of sp³-hybridized carbons (Fsp3) is 1.00. The lowest BCUT2D eigenvalue weighted by Crippen LogP contribution is -2.40. The van der Waals surface area contributed by atoms with E-state index >= 15 is 0 Å². The molecule has 0 heterocycles. The number of alkyl halides is 1. The van der Waals surface area contributed by atoms with E-state index in [2.05, 4.69) is 13.8 Å². The summed E-state index contributed by atoms with van der Waals surface area (Å²) < 4.78 is 14.1. The second-order valence-corrected chi connectivity index (χ2v) is 5.31. The Morgan fingerprint density at radius 2 is 1.50 bits per heavy atom. The Bertz CT molecular complexity index is 156. The minimum Gasteiger partial charge on any atom is -0.244 e. The molecular formula is C11H19F. The fourth-order valence-corrected chi connectivity index (χ4v) is 3.58. The maximum absolute atomic E-state index is 14.1. The van der Waals surface area contributed by atoms with Gasteiger partial charge >= 0.3 is 0 Å². The van der Waals surface area contributed by atoms with Gasteiger partial charge in [0.2, 0.25) is 0 Å². The first-order chi connectivity index (χ1) is 5.57. The van der Waals surface area contributed by atoms with Crippen LogP contribution in [0.4, 0.5) is 4.39 Å². The predicted octanol–water partition coefficient (Wildman–Crippen LogP) is 3.56. The molecule has 2 saturated carbocycles. The highest BCUT2D eigenvalue weighted by Gasteiger charge is 2.44. The Morgan fingerprint density at radius 1 is 1.00 bits per heavy atom. The summed E-state index contributed by atoms with van der Waals surface area (Å²) in [7, 11) is 0. The van der Waals surface area contributed by atoms with Crippen LogP contribution in [0.15, 0.2) is 0 Å². The summed E-state index contributed by atoms with van der Waals surface area (Å²) in [5, 5.41) is 0. The largest absolute Gasteiger partial charge is 0.244 e. The Kier molecular flexibility index (Phi) is 1.93. The normalized spacial score (nSPS) is 53.8. The van der Waals surface area contributed by atoms with Gasteiger partial charge in [0.05, 0.1) is 0 Å². The van der Waals surface area contributed by atoms with Crippen molar-refractivity contribution in [3.05, 3.63) is 0 Å². The van der Waals surface area contributed by atoms with Gasteiger partial charge in [0.1, 0.15) is 5.67 Å². The van der Waals surface area contributed by atoms with Crippen molar-refractivity contribution >= 4 is 0 Å². The molecular weight excluding hydrogens is 151 g/mol. The van der Waals surface area contributed by atoms with Crippen molar-refractivity contribution < 1.29 is 4.39 Å². The molecule has 1 heteroatoms. The molecule has 2 fully saturated rings. The van der Waals surface area contributed by atoms with Gasteiger partial charge in [-0.1, -0.05) is 13.8 Å². The molecule has 12 heavy (non-hydrogen) atoms. The highest BCUT2D eigenvalue weighted by molar-refractivity contribution is 4.95. The van der Waals surface area contributed by atoms with Crippen LogP contribution in [0.1, 0.15) is 46.0 Å². The molecule has 2 aliphatic carbocycles. The number of hydrogen-bond donors (Lipinski definition) is 0. The van der Waals surface area contributed by atoms with Crippen molar-refractivity contribution in [2.75, 3.05) is 0 Å². The predicted molar refractivity (Wildman–Crippen MR) is 48.7 cm³/mol. The maximum Gasteiger partial charge on any atom is 0.111 e. The Labute approximate surface area is 74.5 Å². The summed E-state index contributed by atoms with van der Waals surface area (Å²) in [4.78, 5) is 0. The molecule has 0 aromatic carbocycles. The van der Waals surface area contributed by atoms with E-state index in [1.807, 2.05) is 0 Å². The van der Waals surface area contributed by atoms with Crippen molar-refractivity contribution in [1.82, 2.24) is 0 Å². The van der Waals surface area contributed by atoms with Crippen LogP contribution >= 0.6 is 0 Å². The minimum absolute atomic E-state index is 0.626. The Morgan fingerprint density at radius 3 is 1.92 bits per heavy atom. The molecule has 0 nitrogen and oxygen atoms in total. The lowest BCUT2D eigenvalue weighted by atomic mass is 9.64. The maximum atomic E-state index is 14.1. The van der Waals surface area contributed by atoms with Crippen LogP contribution in [0, 0.1) is 17.8 Å². The molecule has 0 aliphatic heterocycles. The zero-order valence-electron chi connectivity index (χ0n) is 8.15. The molecule has 2 bridgehead atoms. The van der Waals surface area contributed by atoms with Crippen molar-refractivity contribution in [2.45, 2.75) is 51.6 Å². The van der Waals surface area contributed by atoms with E-state index in [0.29, 0.717) is 17.8 Å². The highest BCUT2D eigenvalue weighted by atomic mass is 19.1. The summed E-state index contributed by atoms with van der Waals surface area (Å²) in [5.41, 5.74) is -0.778. The van der Waals surface area contributed by atoms with Gasteiger partial charge < -0.3 is 0 Å². The van der Waals surface area contributed by atoms with Gasteiger partial charge in [-0.15, -0.1) is 0 Å². The smallest absolute Gasteiger partial charge is 0.111 e. The fourth-order valence-electron chi connectivity index (χ4n) is 3.58. The molecule has 0 spiro atoms. The number of halogens is 1. The SMILES string of the molecule is CC1CC2CC(C)CC(F)(C1)C2. The topological polar surface area (TPSA) is 0 Å². The average molecular weight is 170 g/mol.